The van der Waals surface area contributed by atoms with E-state index in [1.165, 1.54) is 19.3 Å². The first kappa shape index (κ1) is 14.0. The molecule has 0 aliphatic heterocycles. The average Bonchev–Trinajstić information content (AvgIpc) is 2.85. The van der Waals surface area contributed by atoms with Gasteiger partial charge in [-0.05, 0) is 35.6 Å². The molecule has 0 saturated heterocycles. The molecule has 1 aliphatic rings. The summed E-state index contributed by atoms with van der Waals surface area (Å²) >= 11 is 0. The molecule has 0 bridgehead atoms. The van der Waals surface area contributed by atoms with Gasteiger partial charge in [0.1, 0.15) is 0 Å². The Balaban J connectivity index is 1.74. The number of tetrazole rings is 1. The minimum Gasteiger partial charge on any atom is -0.457 e. The molecule has 0 unspecified atom stereocenters. The molecule has 0 spiro atoms. The van der Waals surface area contributed by atoms with E-state index in [9.17, 15) is 4.79 Å². The van der Waals surface area contributed by atoms with Crippen LogP contribution in [0.5, 0.6) is 0 Å². The molecule has 1 aromatic heterocycles. The highest BCUT2D eigenvalue weighted by atomic mass is 16.5. The smallest absolute Gasteiger partial charge is 0.306 e. The summed E-state index contributed by atoms with van der Waals surface area (Å²) < 4.78 is 6.96. The van der Waals surface area contributed by atoms with Crippen LogP contribution in [-0.4, -0.2) is 26.2 Å². The summed E-state index contributed by atoms with van der Waals surface area (Å²) in [6.45, 7) is 2.99. The molecule has 1 heterocycles. The highest BCUT2D eigenvalue weighted by Crippen LogP contribution is 2.26. The number of nitrogens with zero attached hydrogens (tertiary/aromatic N) is 4. The molecule has 2 rings (SSSR count). The molecule has 0 aromatic carbocycles. The SMILES string of the molecule is CCCn1nnnc1COC(=O)CC1CCCCC1. The molecule has 19 heavy (non-hydrogen) atoms. The zero-order valence-corrected chi connectivity index (χ0v) is 11.5. The zero-order valence-electron chi connectivity index (χ0n) is 11.5. The van der Waals surface area contributed by atoms with Gasteiger partial charge in [0.15, 0.2) is 12.4 Å². The van der Waals surface area contributed by atoms with Gasteiger partial charge in [-0.3, -0.25) is 4.79 Å². The van der Waals surface area contributed by atoms with Gasteiger partial charge in [0.05, 0.1) is 0 Å². The largest absolute Gasteiger partial charge is 0.457 e. The van der Waals surface area contributed by atoms with Crippen LogP contribution in [0.25, 0.3) is 0 Å². The van der Waals surface area contributed by atoms with Gasteiger partial charge < -0.3 is 4.74 Å². The minimum atomic E-state index is -0.127. The highest BCUT2D eigenvalue weighted by molar-refractivity contribution is 5.69. The maximum Gasteiger partial charge on any atom is 0.306 e. The number of carbonyl (C=O) groups excluding carboxylic acids is 1. The van der Waals surface area contributed by atoms with Gasteiger partial charge in [-0.25, -0.2) is 4.68 Å². The van der Waals surface area contributed by atoms with Crippen LogP contribution in [-0.2, 0) is 22.7 Å². The van der Waals surface area contributed by atoms with Crippen molar-refractivity contribution in [1.82, 2.24) is 20.2 Å². The fourth-order valence-electron chi connectivity index (χ4n) is 2.54. The predicted molar refractivity (Wildman–Crippen MR) is 69.1 cm³/mol. The van der Waals surface area contributed by atoms with Crippen LogP contribution in [0.3, 0.4) is 0 Å². The van der Waals surface area contributed by atoms with Crippen molar-refractivity contribution in [2.24, 2.45) is 5.92 Å². The molecule has 0 amide bonds. The van der Waals surface area contributed by atoms with E-state index >= 15 is 0 Å². The lowest BCUT2D eigenvalue weighted by Crippen LogP contribution is -2.15. The molecule has 1 saturated carbocycles. The van der Waals surface area contributed by atoms with Gasteiger partial charge in [0, 0.05) is 13.0 Å². The van der Waals surface area contributed by atoms with Crippen LogP contribution >= 0.6 is 0 Å². The number of ether oxygens (including phenoxy) is 1. The van der Waals surface area contributed by atoms with Crippen LogP contribution in [0.1, 0.15) is 57.7 Å². The molecule has 6 heteroatoms. The molecule has 0 radical (unpaired) electrons. The number of aryl methyl sites for hydroxylation is 1. The fourth-order valence-corrected chi connectivity index (χ4v) is 2.54. The number of esters is 1. The summed E-state index contributed by atoms with van der Waals surface area (Å²) in [4.78, 5) is 11.8. The summed E-state index contributed by atoms with van der Waals surface area (Å²) in [5, 5.41) is 11.3. The standard InChI is InChI=1S/C13H22N4O2/c1-2-8-17-12(14-15-16-17)10-19-13(18)9-11-6-4-3-5-7-11/h11H,2-10H2,1H3. The van der Waals surface area contributed by atoms with Crippen LogP contribution in [0.2, 0.25) is 0 Å². The lowest BCUT2D eigenvalue weighted by molar-refractivity contribution is -0.146. The molecule has 1 aliphatic carbocycles. The molecule has 6 nitrogen and oxygen atoms in total. The number of aromatic nitrogens is 4. The lowest BCUT2D eigenvalue weighted by atomic mass is 9.87. The quantitative estimate of drug-likeness (QED) is 0.737. The molecule has 1 fully saturated rings. The number of hydrogen-bond acceptors (Lipinski definition) is 5. The Kier molecular flexibility index (Phi) is 5.30. The second-order valence-electron chi connectivity index (χ2n) is 5.19. The van der Waals surface area contributed by atoms with E-state index in [2.05, 4.69) is 22.4 Å². The Labute approximate surface area is 113 Å². The molecule has 1 aromatic rings. The van der Waals surface area contributed by atoms with Crippen molar-refractivity contribution in [3.63, 3.8) is 0 Å². The van der Waals surface area contributed by atoms with E-state index in [4.69, 9.17) is 4.74 Å². The fraction of sp³-hybridized carbons (Fsp3) is 0.846. The van der Waals surface area contributed by atoms with Gasteiger partial charge in [-0.15, -0.1) is 5.10 Å². The van der Waals surface area contributed by atoms with Crippen molar-refractivity contribution < 1.29 is 9.53 Å². The lowest BCUT2D eigenvalue weighted by Gasteiger charge is -2.20. The third-order valence-corrected chi connectivity index (χ3v) is 3.58. The third kappa shape index (κ3) is 4.29. The molecular formula is C13H22N4O2. The number of rotatable bonds is 6. The topological polar surface area (TPSA) is 69.9 Å². The van der Waals surface area contributed by atoms with Gasteiger partial charge in [0.2, 0.25) is 0 Å². The van der Waals surface area contributed by atoms with Crippen molar-refractivity contribution in [3.8, 4) is 0 Å². The second kappa shape index (κ2) is 7.21. The third-order valence-electron chi connectivity index (χ3n) is 3.58. The van der Waals surface area contributed by atoms with Crippen LogP contribution in [0, 0.1) is 5.92 Å². The highest BCUT2D eigenvalue weighted by Gasteiger charge is 2.18. The van der Waals surface area contributed by atoms with Crippen molar-refractivity contribution in [3.05, 3.63) is 5.82 Å². The van der Waals surface area contributed by atoms with E-state index in [1.54, 1.807) is 4.68 Å². The maximum atomic E-state index is 11.8. The normalized spacial score (nSPS) is 16.5. The Morgan fingerprint density at radius 1 is 1.37 bits per heavy atom. The van der Waals surface area contributed by atoms with E-state index in [0.717, 1.165) is 25.8 Å². The van der Waals surface area contributed by atoms with Crippen molar-refractivity contribution >= 4 is 5.97 Å². The van der Waals surface area contributed by atoms with Crippen molar-refractivity contribution in [2.75, 3.05) is 0 Å². The van der Waals surface area contributed by atoms with E-state index in [-0.39, 0.29) is 12.6 Å². The average molecular weight is 266 g/mol. The van der Waals surface area contributed by atoms with Crippen LogP contribution < -0.4 is 0 Å². The molecular weight excluding hydrogens is 244 g/mol. The molecule has 106 valence electrons. The first-order chi connectivity index (χ1) is 9.29. The van der Waals surface area contributed by atoms with Crippen molar-refractivity contribution in [1.29, 1.82) is 0 Å². The van der Waals surface area contributed by atoms with Crippen LogP contribution in [0.4, 0.5) is 0 Å². The summed E-state index contributed by atoms with van der Waals surface area (Å²) in [6, 6.07) is 0. The Morgan fingerprint density at radius 2 is 2.16 bits per heavy atom. The molecule has 0 N–H and O–H groups in total. The minimum absolute atomic E-state index is 0.127. The summed E-state index contributed by atoms with van der Waals surface area (Å²) in [7, 11) is 0. The molecule has 0 atom stereocenters. The van der Waals surface area contributed by atoms with Gasteiger partial charge >= 0.3 is 5.97 Å². The Hall–Kier alpha value is -1.46. The maximum absolute atomic E-state index is 11.8. The van der Waals surface area contributed by atoms with Gasteiger partial charge in [-0.2, -0.15) is 0 Å². The predicted octanol–water partition coefficient (Wildman–Crippen LogP) is 2.10. The summed E-state index contributed by atoms with van der Waals surface area (Å²) in [6.07, 6.45) is 7.59. The van der Waals surface area contributed by atoms with E-state index in [1.807, 2.05) is 0 Å². The Bertz CT molecular complexity index is 399. The monoisotopic (exact) mass is 266 g/mol. The van der Waals surface area contributed by atoms with Crippen LogP contribution in [0.15, 0.2) is 0 Å². The second-order valence-corrected chi connectivity index (χ2v) is 5.19. The van der Waals surface area contributed by atoms with Gasteiger partial charge in [0.25, 0.3) is 0 Å². The first-order valence-electron chi connectivity index (χ1n) is 7.20. The summed E-state index contributed by atoms with van der Waals surface area (Å²) in [5.41, 5.74) is 0. The number of carbonyl (C=O) groups is 1. The van der Waals surface area contributed by atoms with E-state index in [0.29, 0.717) is 18.2 Å². The summed E-state index contributed by atoms with van der Waals surface area (Å²) in [5.74, 6) is 1.00. The zero-order chi connectivity index (χ0) is 13.5. The first-order valence-corrected chi connectivity index (χ1v) is 7.20. The number of hydrogen-bond donors (Lipinski definition) is 0. The Morgan fingerprint density at radius 3 is 2.89 bits per heavy atom. The van der Waals surface area contributed by atoms with E-state index < -0.39 is 0 Å². The van der Waals surface area contributed by atoms with Gasteiger partial charge in [-0.1, -0.05) is 26.2 Å². The van der Waals surface area contributed by atoms with Crippen molar-refractivity contribution in [2.45, 2.75) is 65.0 Å².